The zero-order valence-corrected chi connectivity index (χ0v) is 11.4. The van der Waals surface area contributed by atoms with Gasteiger partial charge in [-0.2, -0.15) is 0 Å². The second-order valence-electron chi connectivity index (χ2n) is 4.34. The minimum Gasteiger partial charge on any atom is -0.376 e. The van der Waals surface area contributed by atoms with Crippen LogP contribution in [0.3, 0.4) is 0 Å². The Morgan fingerprint density at radius 3 is 2.76 bits per heavy atom. The zero-order valence-electron chi connectivity index (χ0n) is 9.82. The number of halogens is 2. The van der Waals surface area contributed by atoms with E-state index >= 15 is 0 Å². The van der Waals surface area contributed by atoms with E-state index in [4.69, 9.17) is 16.3 Å². The molecule has 1 fully saturated rings. The number of nitrogens with one attached hydrogen (secondary N) is 1. The molecule has 0 atom stereocenters. The normalized spacial score (nSPS) is 16.5. The lowest BCUT2D eigenvalue weighted by Gasteiger charge is -2.22. The van der Waals surface area contributed by atoms with Crippen molar-refractivity contribution in [3.63, 3.8) is 0 Å². The third kappa shape index (κ3) is 5.26. The van der Waals surface area contributed by atoms with Gasteiger partial charge in [-0.25, -0.2) is 0 Å². The second-order valence-corrected chi connectivity index (χ2v) is 4.77. The minimum absolute atomic E-state index is 0. The molecule has 2 rings (SSSR count). The molecule has 1 aromatic carbocycles. The number of hydrogen-bond acceptors (Lipinski definition) is 2. The molecular weight excluding hydrogens is 257 g/mol. The summed E-state index contributed by atoms with van der Waals surface area (Å²) in [5.74, 6) is 0.723. The fraction of sp³-hybridized carbons (Fsp3) is 0.538. The third-order valence-corrected chi connectivity index (χ3v) is 3.21. The molecule has 0 unspecified atom stereocenters. The van der Waals surface area contributed by atoms with Crippen LogP contribution in [0.4, 0.5) is 0 Å². The van der Waals surface area contributed by atoms with Crippen molar-refractivity contribution >= 4 is 24.0 Å². The number of ether oxygens (including phenoxy) is 1. The quantitative estimate of drug-likeness (QED) is 0.911. The van der Waals surface area contributed by atoms with Gasteiger partial charge in [-0.3, -0.25) is 0 Å². The van der Waals surface area contributed by atoms with Crippen LogP contribution >= 0.6 is 24.0 Å². The van der Waals surface area contributed by atoms with Gasteiger partial charge < -0.3 is 10.1 Å². The smallest absolute Gasteiger partial charge is 0.0717 e. The van der Waals surface area contributed by atoms with Crippen LogP contribution in [-0.2, 0) is 11.3 Å². The molecule has 0 spiro atoms. The van der Waals surface area contributed by atoms with E-state index < -0.39 is 0 Å². The van der Waals surface area contributed by atoms with Crippen LogP contribution in [0.2, 0.25) is 5.02 Å². The Morgan fingerprint density at radius 1 is 1.29 bits per heavy atom. The van der Waals surface area contributed by atoms with Gasteiger partial charge >= 0.3 is 0 Å². The van der Waals surface area contributed by atoms with E-state index in [1.165, 1.54) is 12.8 Å². The first-order valence-electron chi connectivity index (χ1n) is 5.87. The maximum absolute atomic E-state index is 5.91. The van der Waals surface area contributed by atoms with Crippen LogP contribution in [0.5, 0.6) is 0 Å². The first-order valence-corrected chi connectivity index (χ1v) is 6.25. The maximum atomic E-state index is 5.91. The third-order valence-electron chi connectivity index (χ3n) is 2.97. The second kappa shape index (κ2) is 7.93. The summed E-state index contributed by atoms with van der Waals surface area (Å²) in [7, 11) is 0. The van der Waals surface area contributed by atoms with Crippen molar-refractivity contribution in [2.75, 3.05) is 19.7 Å². The van der Waals surface area contributed by atoms with E-state index in [0.29, 0.717) is 6.61 Å². The molecule has 0 aromatic heterocycles. The SMILES string of the molecule is Cl.Clc1cccc(COCC2CCNCC2)c1. The Kier molecular flexibility index (Phi) is 6.90. The van der Waals surface area contributed by atoms with Crippen LogP contribution in [0.25, 0.3) is 0 Å². The van der Waals surface area contributed by atoms with Crippen molar-refractivity contribution in [2.45, 2.75) is 19.4 Å². The molecule has 4 heteroatoms. The lowest BCUT2D eigenvalue weighted by atomic mass is 9.99. The molecule has 96 valence electrons. The monoisotopic (exact) mass is 275 g/mol. The molecular formula is C13H19Cl2NO. The van der Waals surface area contributed by atoms with Crippen molar-refractivity contribution in [2.24, 2.45) is 5.92 Å². The minimum atomic E-state index is 0. The van der Waals surface area contributed by atoms with E-state index in [1.807, 2.05) is 24.3 Å². The molecule has 1 aliphatic rings. The summed E-state index contributed by atoms with van der Waals surface area (Å²) in [6.07, 6.45) is 2.46. The maximum Gasteiger partial charge on any atom is 0.0717 e. The molecule has 17 heavy (non-hydrogen) atoms. The summed E-state index contributed by atoms with van der Waals surface area (Å²) < 4.78 is 5.73. The Bertz CT molecular complexity index is 327. The summed E-state index contributed by atoms with van der Waals surface area (Å²) in [4.78, 5) is 0. The van der Waals surface area contributed by atoms with Gasteiger partial charge in [-0.15, -0.1) is 12.4 Å². The summed E-state index contributed by atoms with van der Waals surface area (Å²) in [6, 6.07) is 7.86. The Labute approximate surface area is 114 Å². The highest BCUT2D eigenvalue weighted by molar-refractivity contribution is 6.30. The summed E-state index contributed by atoms with van der Waals surface area (Å²) in [6.45, 7) is 3.80. The average molecular weight is 276 g/mol. The van der Waals surface area contributed by atoms with Crippen molar-refractivity contribution in [1.29, 1.82) is 0 Å². The van der Waals surface area contributed by atoms with Gasteiger partial charge in [0.05, 0.1) is 6.61 Å². The fourth-order valence-corrected chi connectivity index (χ4v) is 2.23. The highest BCUT2D eigenvalue weighted by Crippen LogP contribution is 2.14. The Balaban J connectivity index is 0.00000144. The number of hydrogen-bond donors (Lipinski definition) is 1. The molecule has 2 nitrogen and oxygen atoms in total. The first-order chi connectivity index (χ1) is 7.84. The molecule has 1 aliphatic heterocycles. The van der Waals surface area contributed by atoms with Gasteiger partial charge in [-0.1, -0.05) is 23.7 Å². The van der Waals surface area contributed by atoms with Gasteiger partial charge in [0.25, 0.3) is 0 Å². The molecule has 0 bridgehead atoms. The van der Waals surface area contributed by atoms with Crippen molar-refractivity contribution in [3.8, 4) is 0 Å². The van der Waals surface area contributed by atoms with E-state index in [1.54, 1.807) is 0 Å². The number of benzene rings is 1. The van der Waals surface area contributed by atoms with Crippen LogP contribution in [0.15, 0.2) is 24.3 Å². The van der Waals surface area contributed by atoms with Gasteiger partial charge in [0.2, 0.25) is 0 Å². The zero-order chi connectivity index (χ0) is 11.2. The van der Waals surface area contributed by atoms with Crippen LogP contribution in [0, 0.1) is 5.92 Å². The molecule has 0 saturated carbocycles. The van der Waals surface area contributed by atoms with Crippen molar-refractivity contribution in [1.82, 2.24) is 5.32 Å². The lowest BCUT2D eigenvalue weighted by Crippen LogP contribution is -2.29. The van der Waals surface area contributed by atoms with E-state index in [2.05, 4.69) is 5.32 Å². The summed E-state index contributed by atoms with van der Waals surface area (Å²) in [5.41, 5.74) is 1.15. The van der Waals surface area contributed by atoms with Crippen LogP contribution in [-0.4, -0.2) is 19.7 Å². The largest absolute Gasteiger partial charge is 0.376 e. The molecule has 1 N–H and O–H groups in total. The molecule has 1 saturated heterocycles. The molecule has 1 aromatic rings. The Hall–Kier alpha value is -0.280. The van der Waals surface area contributed by atoms with Gasteiger partial charge in [0.15, 0.2) is 0 Å². The molecule has 0 amide bonds. The molecule has 1 heterocycles. The predicted molar refractivity (Wildman–Crippen MR) is 73.9 cm³/mol. The van der Waals surface area contributed by atoms with E-state index in [9.17, 15) is 0 Å². The molecule has 0 radical (unpaired) electrons. The van der Waals surface area contributed by atoms with Gasteiger partial charge in [0.1, 0.15) is 0 Å². The average Bonchev–Trinajstić information content (AvgIpc) is 2.30. The first kappa shape index (κ1) is 14.8. The summed E-state index contributed by atoms with van der Waals surface area (Å²) >= 11 is 5.91. The van der Waals surface area contributed by atoms with Crippen LogP contribution < -0.4 is 5.32 Å². The highest BCUT2D eigenvalue weighted by Gasteiger charge is 2.12. The predicted octanol–water partition coefficient (Wildman–Crippen LogP) is 3.28. The van der Waals surface area contributed by atoms with E-state index in [-0.39, 0.29) is 12.4 Å². The summed E-state index contributed by atoms with van der Waals surface area (Å²) in [5, 5.41) is 4.14. The highest BCUT2D eigenvalue weighted by atomic mass is 35.5. The Morgan fingerprint density at radius 2 is 2.06 bits per heavy atom. The van der Waals surface area contributed by atoms with E-state index in [0.717, 1.165) is 36.2 Å². The lowest BCUT2D eigenvalue weighted by molar-refractivity contribution is 0.0763. The van der Waals surface area contributed by atoms with Crippen LogP contribution in [0.1, 0.15) is 18.4 Å². The standard InChI is InChI=1S/C13H18ClNO.ClH/c14-13-3-1-2-12(8-13)10-16-9-11-4-6-15-7-5-11;/h1-3,8,11,15H,4-7,9-10H2;1H. The van der Waals surface area contributed by atoms with Gasteiger partial charge in [0, 0.05) is 11.6 Å². The fourth-order valence-electron chi connectivity index (χ4n) is 2.02. The number of rotatable bonds is 4. The number of piperidine rings is 1. The van der Waals surface area contributed by atoms with Crippen molar-refractivity contribution < 1.29 is 4.74 Å². The van der Waals surface area contributed by atoms with Gasteiger partial charge in [-0.05, 0) is 49.5 Å². The van der Waals surface area contributed by atoms with Crippen molar-refractivity contribution in [3.05, 3.63) is 34.9 Å². The molecule has 0 aliphatic carbocycles. The topological polar surface area (TPSA) is 21.3 Å².